The van der Waals surface area contributed by atoms with Crippen LogP contribution < -0.4 is 29.7 Å². The Hall–Kier alpha value is -8.85. The predicted octanol–water partition coefficient (Wildman–Crippen LogP) is 8.38. The number of hydrogen-bond acceptors (Lipinski definition) is 16. The smallest absolute Gasteiger partial charge is 0.293 e. The minimum Gasteiger partial charge on any atom is -0.493 e. The van der Waals surface area contributed by atoms with Crippen LogP contribution in [0.25, 0.3) is 22.2 Å². The van der Waals surface area contributed by atoms with Crippen LogP contribution >= 0.6 is 11.6 Å². The van der Waals surface area contributed by atoms with Gasteiger partial charge in [0.2, 0.25) is 11.8 Å². The number of carbonyl (C=O) groups excluding carboxylic acids is 4. The van der Waals surface area contributed by atoms with Gasteiger partial charge in [-0.05, 0) is 109 Å². The van der Waals surface area contributed by atoms with E-state index in [2.05, 4.69) is 57.9 Å². The third-order valence-corrected chi connectivity index (χ3v) is 18.3. The number of rotatable bonds is 19. The number of likely N-dealkylation sites (tertiary alicyclic amines) is 1. The number of fused-ring (bicyclic) bond motifs is 2. The van der Waals surface area contributed by atoms with Crippen molar-refractivity contribution in [3.05, 3.63) is 165 Å². The zero-order valence-corrected chi connectivity index (χ0v) is 49.0. The molecule has 5 aliphatic rings. The van der Waals surface area contributed by atoms with Gasteiger partial charge in [-0.1, -0.05) is 53.8 Å². The summed E-state index contributed by atoms with van der Waals surface area (Å²) >= 11 is 6.36. The molecule has 4 N–H and O–H groups in total. The molecular weight excluding hydrogens is 1150 g/mol. The van der Waals surface area contributed by atoms with Crippen LogP contribution in [-0.2, 0) is 37.4 Å². The number of nitrogens with one attached hydrogen (secondary N) is 4. The summed E-state index contributed by atoms with van der Waals surface area (Å²) in [6, 6.07) is 30.8. The van der Waals surface area contributed by atoms with E-state index in [4.69, 9.17) is 25.8 Å². The number of nitro groups is 1. The molecule has 4 fully saturated rings. The molecule has 87 heavy (non-hydrogen) atoms. The third-order valence-electron chi connectivity index (χ3n) is 16.7. The zero-order valence-electron chi connectivity index (χ0n) is 47.5. The molecule has 7 heterocycles. The molecular formula is C64H63ClN10O11S. The molecule has 448 valence electrons. The van der Waals surface area contributed by atoms with Gasteiger partial charge in [0, 0.05) is 149 Å². The molecule has 0 aliphatic carbocycles. The summed E-state index contributed by atoms with van der Waals surface area (Å²) in [7, 11) is -4.62. The van der Waals surface area contributed by atoms with Gasteiger partial charge in [-0.2, -0.15) is 0 Å². The fourth-order valence-corrected chi connectivity index (χ4v) is 13.0. The van der Waals surface area contributed by atoms with Gasteiger partial charge in [0.15, 0.2) is 0 Å². The number of halogens is 1. The SMILES string of the molecule is O=C1CCC(N2Cc3c(C#CCCN4CC(COc5cccc(-c6ccc(Cl)cc6)c5CN5CCN(c6ccc(C(=O)NS(=O)(=O)c7ccc(NCC8CCOCC8)c([N+](=O)[O-])c7)c(Oc7cnc8[nH]ccc8c7)c6)CC5)C4)cccc3C2=O)C(=O)N1. The van der Waals surface area contributed by atoms with Crippen molar-refractivity contribution >= 4 is 73.3 Å². The van der Waals surface area contributed by atoms with Crippen molar-refractivity contribution in [2.45, 2.75) is 56.1 Å². The first-order valence-corrected chi connectivity index (χ1v) is 30.9. The lowest BCUT2D eigenvalue weighted by atomic mass is 9.97. The molecule has 0 radical (unpaired) electrons. The number of H-pyrrole nitrogens is 1. The molecule has 0 bridgehead atoms. The Kier molecular flexibility index (Phi) is 17.2. The fourth-order valence-electron chi connectivity index (χ4n) is 11.9. The molecule has 2 aromatic heterocycles. The maximum atomic E-state index is 14.1. The average Bonchev–Trinajstić information content (AvgIpc) is 2.04. The molecule has 5 aliphatic heterocycles. The summed E-state index contributed by atoms with van der Waals surface area (Å²) in [5.74, 6) is 6.36. The quantitative estimate of drug-likeness (QED) is 0.0257. The summed E-state index contributed by atoms with van der Waals surface area (Å²) in [4.78, 5) is 78.9. The average molecular weight is 1220 g/mol. The number of sulfonamides is 1. The van der Waals surface area contributed by atoms with Gasteiger partial charge >= 0.3 is 0 Å². The molecule has 4 saturated heterocycles. The van der Waals surface area contributed by atoms with Crippen molar-refractivity contribution < 1.29 is 46.7 Å². The highest BCUT2D eigenvalue weighted by Gasteiger charge is 2.40. The van der Waals surface area contributed by atoms with E-state index in [-0.39, 0.29) is 47.7 Å². The first-order valence-electron chi connectivity index (χ1n) is 29.1. The van der Waals surface area contributed by atoms with Gasteiger partial charge in [0.1, 0.15) is 34.6 Å². The highest BCUT2D eigenvalue weighted by molar-refractivity contribution is 7.90. The van der Waals surface area contributed by atoms with Crippen molar-refractivity contribution in [3.8, 4) is 40.2 Å². The Bertz CT molecular complexity index is 3980. The monoisotopic (exact) mass is 1210 g/mol. The predicted molar refractivity (Wildman–Crippen MR) is 326 cm³/mol. The van der Waals surface area contributed by atoms with E-state index < -0.39 is 43.4 Å². The normalized spacial score (nSPS) is 17.7. The number of nitrogens with zero attached hydrogens (tertiary/aromatic N) is 6. The van der Waals surface area contributed by atoms with E-state index in [9.17, 15) is 37.7 Å². The van der Waals surface area contributed by atoms with Gasteiger partial charge in [-0.3, -0.25) is 39.5 Å². The second kappa shape index (κ2) is 25.6. The summed E-state index contributed by atoms with van der Waals surface area (Å²) < 4.78 is 48.4. The summed E-state index contributed by atoms with van der Waals surface area (Å²) in [5, 5.41) is 19.1. The number of aromatic amines is 1. The minimum absolute atomic E-state index is 0.0770. The number of imide groups is 1. The van der Waals surface area contributed by atoms with E-state index in [1.54, 1.807) is 35.4 Å². The number of anilines is 2. The standard InChI is InChI=1S/C64H63ClN10O11S/c65-46-12-10-44(11-13-46)50-7-4-9-58(85-40-42-36-72(37-42)24-2-1-5-43-6-3-8-51-53(43)39-74(64(51)79)56-18-19-60(76)69-63(56)78)54(50)38-71-25-27-73(28-26-71)47-14-16-52(59(32-47)86-48-31-45-20-23-66-61(45)68-35-48)62(77)70-87(82,83)49-15-17-55(57(33-49)75(80)81)67-34-41-21-29-84-30-22-41/h3-4,6-17,20,23,31-33,35,41-42,56,67H,2,18-19,21-22,24-30,34,36-40H2,(H,66,68)(H,70,77)(H,69,76,78). The number of nitro benzene ring substituents is 1. The molecule has 5 aromatic carbocycles. The number of benzene rings is 5. The number of carbonyl (C=O) groups is 4. The van der Waals surface area contributed by atoms with Crippen LogP contribution in [0, 0.1) is 33.8 Å². The fraction of sp³-hybridized carbons (Fsp3) is 0.328. The zero-order chi connectivity index (χ0) is 60.2. The third kappa shape index (κ3) is 13.3. The molecule has 23 heteroatoms. The Labute approximate surface area is 507 Å². The lowest BCUT2D eigenvalue weighted by Gasteiger charge is -2.39. The van der Waals surface area contributed by atoms with Gasteiger partial charge in [0.25, 0.3) is 27.5 Å². The Balaban J connectivity index is 0.692. The van der Waals surface area contributed by atoms with Crippen LogP contribution in [0.3, 0.4) is 0 Å². The van der Waals surface area contributed by atoms with E-state index in [1.807, 2.05) is 54.6 Å². The van der Waals surface area contributed by atoms with Crippen molar-refractivity contribution in [1.82, 2.24) is 34.7 Å². The number of hydrogen-bond donors (Lipinski definition) is 4. The Morgan fingerprint density at radius 2 is 1.67 bits per heavy atom. The number of ether oxygens (including phenoxy) is 3. The summed E-state index contributed by atoms with van der Waals surface area (Å²) in [6.45, 7) is 8.12. The minimum atomic E-state index is -4.62. The molecule has 4 amide bonds. The number of piperazine rings is 1. The van der Waals surface area contributed by atoms with Crippen LogP contribution in [0.5, 0.6) is 17.2 Å². The van der Waals surface area contributed by atoms with Gasteiger partial charge in [-0.15, -0.1) is 0 Å². The van der Waals surface area contributed by atoms with Crippen molar-refractivity contribution in [2.24, 2.45) is 11.8 Å². The summed E-state index contributed by atoms with van der Waals surface area (Å²) in [6.07, 6.45) is 5.99. The molecule has 1 unspecified atom stereocenters. The van der Waals surface area contributed by atoms with Crippen molar-refractivity contribution in [1.29, 1.82) is 0 Å². The molecule has 0 spiro atoms. The van der Waals surface area contributed by atoms with Crippen LogP contribution in [0.1, 0.15) is 69.5 Å². The van der Waals surface area contributed by atoms with Crippen molar-refractivity contribution in [3.63, 3.8) is 0 Å². The first-order chi connectivity index (χ1) is 42.2. The highest BCUT2D eigenvalue weighted by Crippen LogP contribution is 2.37. The van der Waals surface area contributed by atoms with E-state index >= 15 is 0 Å². The highest BCUT2D eigenvalue weighted by atomic mass is 35.5. The lowest BCUT2D eigenvalue weighted by Crippen LogP contribution is -2.52. The van der Waals surface area contributed by atoms with Gasteiger partial charge in [0.05, 0.1) is 28.2 Å². The number of pyridine rings is 1. The Morgan fingerprint density at radius 3 is 2.46 bits per heavy atom. The van der Waals surface area contributed by atoms with Gasteiger partial charge < -0.3 is 39.2 Å². The molecule has 12 rings (SSSR count). The van der Waals surface area contributed by atoms with Gasteiger partial charge in [-0.25, -0.2) is 18.1 Å². The van der Waals surface area contributed by atoms with Crippen molar-refractivity contribution in [2.75, 3.05) is 82.4 Å². The van der Waals surface area contributed by atoms with Crippen LogP contribution in [0.4, 0.5) is 17.1 Å². The first kappa shape index (κ1) is 58.5. The number of amides is 4. The number of aromatic nitrogens is 2. The molecule has 0 saturated carbocycles. The van der Waals surface area contributed by atoms with Crippen LogP contribution in [-0.4, -0.2) is 140 Å². The second-order valence-electron chi connectivity index (χ2n) is 22.4. The second-order valence-corrected chi connectivity index (χ2v) is 24.6. The molecule has 1 atom stereocenters. The topological polar surface area (TPSA) is 251 Å². The largest absolute Gasteiger partial charge is 0.493 e. The molecule has 7 aromatic rings. The van der Waals surface area contributed by atoms with Crippen LogP contribution in [0.2, 0.25) is 5.02 Å². The summed E-state index contributed by atoms with van der Waals surface area (Å²) in [5.41, 5.74) is 6.24. The molecule has 21 nitrogen and oxygen atoms in total. The lowest BCUT2D eigenvalue weighted by molar-refractivity contribution is -0.384. The van der Waals surface area contributed by atoms with E-state index in [1.165, 1.54) is 24.4 Å². The van der Waals surface area contributed by atoms with E-state index in [0.717, 1.165) is 83.2 Å². The van der Waals surface area contributed by atoms with Crippen LogP contribution in [0.15, 0.2) is 126 Å². The maximum absolute atomic E-state index is 14.1. The number of piperidine rings is 1. The maximum Gasteiger partial charge on any atom is 0.293 e. The van der Waals surface area contributed by atoms with E-state index in [0.29, 0.717) is 99.8 Å². The Morgan fingerprint density at radius 1 is 0.874 bits per heavy atom.